The standard InChI is InChI=1S/C25H37N5O8/c1-11(2)14(28-23(33)38-24(3,4)5)21(32)34-10-13-18-19(37-25(6,7)36-18)17(35-13)12-9-30(8)16-15(12)27-22(26)29-20(16)31/h9,11,13-14,17-19H,10H2,1-8H3,(H,28,33)(H3,26,27,29,31)/t13-,14+,17+,18-,19?/m1/s1. The number of carbonyl (C=O) groups excluding carboxylic acids is 2. The average molecular weight is 536 g/mol. The lowest BCUT2D eigenvalue weighted by atomic mass is 10.0. The van der Waals surface area contributed by atoms with Crippen LogP contribution in [-0.2, 0) is 35.5 Å². The molecule has 0 spiro atoms. The van der Waals surface area contributed by atoms with Gasteiger partial charge in [0.2, 0.25) is 5.95 Å². The lowest BCUT2D eigenvalue weighted by Gasteiger charge is -2.26. The van der Waals surface area contributed by atoms with Crippen LogP contribution in [0.25, 0.3) is 11.0 Å². The Kier molecular flexibility index (Phi) is 7.23. The molecule has 0 aromatic carbocycles. The van der Waals surface area contributed by atoms with E-state index in [2.05, 4.69) is 15.3 Å². The molecule has 0 radical (unpaired) electrons. The number of amides is 1. The van der Waals surface area contributed by atoms with Gasteiger partial charge < -0.3 is 39.3 Å². The Bertz CT molecular complexity index is 1280. The summed E-state index contributed by atoms with van der Waals surface area (Å²) < 4.78 is 31.1. The highest BCUT2D eigenvalue weighted by molar-refractivity contribution is 5.82. The van der Waals surface area contributed by atoms with Gasteiger partial charge in [-0.15, -0.1) is 0 Å². The van der Waals surface area contributed by atoms with Gasteiger partial charge in [0.15, 0.2) is 5.79 Å². The summed E-state index contributed by atoms with van der Waals surface area (Å²) in [7, 11) is 1.73. The maximum absolute atomic E-state index is 13.0. The van der Waals surface area contributed by atoms with E-state index in [-0.39, 0.29) is 24.0 Å². The quantitative estimate of drug-likeness (QED) is 0.464. The Morgan fingerprint density at radius 1 is 1.26 bits per heavy atom. The molecule has 2 saturated heterocycles. The molecule has 0 saturated carbocycles. The first-order valence-corrected chi connectivity index (χ1v) is 12.6. The van der Waals surface area contributed by atoms with Gasteiger partial charge in [0.25, 0.3) is 5.56 Å². The number of nitrogens with zero attached hydrogens (tertiary/aromatic N) is 2. The number of aromatic amines is 1. The fourth-order valence-corrected chi connectivity index (χ4v) is 4.81. The molecule has 2 fully saturated rings. The molecule has 2 aromatic heterocycles. The number of H-pyrrole nitrogens is 1. The number of alkyl carbamates (subject to hydrolysis) is 1. The Hall–Kier alpha value is -3.16. The topological polar surface area (TPSA) is 169 Å². The van der Waals surface area contributed by atoms with Gasteiger partial charge in [-0.25, -0.2) is 14.6 Å². The minimum atomic E-state index is -0.924. The summed E-state index contributed by atoms with van der Waals surface area (Å²) in [6.45, 7) is 12.2. The molecule has 38 heavy (non-hydrogen) atoms. The molecule has 210 valence electrons. The Balaban J connectivity index is 1.54. The summed E-state index contributed by atoms with van der Waals surface area (Å²) in [4.78, 5) is 44.6. The van der Waals surface area contributed by atoms with Crippen LogP contribution in [0.2, 0.25) is 0 Å². The van der Waals surface area contributed by atoms with Crippen LogP contribution in [0.4, 0.5) is 10.7 Å². The summed E-state index contributed by atoms with van der Waals surface area (Å²) in [6, 6.07) is -0.924. The molecule has 2 aliphatic rings. The van der Waals surface area contributed by atoms with Crippen molar-refractivity contribution in [2.75, 3.05) is 12.3 Å². The summed E-state index contributed by atoms with van der Waals surface area (Å²) in [6.07, 6.45) is -1.42. The van der Waals surface area contributed by atoms with Gasteiger partial charge in [-0.1, -0.05) is 13.8 Å². The smallest absolute Gasteiger partial charge is 0.408 e. The number of nitrogens with two attached hydrogens (primary N) is 1. The second-order valence-corrected chi connectivity index (χ2v) is 11.5. The van der Waals surface area contributed by atoms with Crippen molar-refractivity contribution >= 4 is 29.0 Å². The van der Waals surface area contributed by atoms with Crippen molar-refractivity contribution in [2.24, 2.45) is 13.0 Å². The van der Waals surface area contributed by atoms with E-state index in [0.717, 1.165) is 0 Å². The number of hydrogen-bond donors (Lipinski definition) is 3. The van der Waals surface area contributed by atoms with Gasteiger partial charge in [0, 0.05) is 18.8 Å². The van der Waals surface area contributed by atoms with E-state index in [1.165, 1.54) is 0 Å². The van der Waals surface area contributed by atoms with Crippen LogP contribution >= 0.6 is 0 Å². The third-order valence-corrected chi connectivity index (χ3v) is 6.31. The molecule has 13 nitrogen and oxygen atoms in total. The highest BCUT2D eigenvalue weighted by Crippen LogP contribution is 2.46. The summed E-state index contributed by atoms with van der Waals surface area (Å²) in [5, 5.41) is 2.59. The van der Waals surface area contributed by atoms with Crippen LogP contribution < -0.4 is 16.6 Å². The highest BCUT2D eigenvalue weighted by atomic mass is 16.8. The van der Waals surface area contributed by atoms with Gasteiger partial charge in [0.1, 0.15) is 53.7 Å². The van der Waals surface area contributed by atoms with Crippen molar-refractivity contribution in [2.45, 2.75) is 90.3 Å². The molecule has 5 atom stereocenters. The van der Waals surface area contributed by atoms with Crippen molar-refractivity contribution in [3.63, 3.8) is 0 Å². The summed E-state index contributed by atoms with van der Waals surface area (Å²) in [5.41, 5.74) is 6.07. The molecule has 1 amide bonds. The molecule has 0 bridgehead atoms. The molecule has 4 rings (SSSR count). The number of fused-ring (bicyclic) bond motifs is 2. The number of rotatable bonds is 6. The predicted octanol–water partition coefficient (Wildman–Crippen LogP) is 1.90. The van der Waals surface area contributed by atoms with Gasteiger partial charge in [-0.05, 0) is 40.5 Å². The summed E-state index contributed by atoms with van der Waals surface area (Å²) in [5.74, 6) is -1.81. The van der Waals surface area contributed by atoms with Crippen LogP contribution in [0.1, 0.15) is 60.1 Å². The first kappa shape index (κ1) is 27.9. The van der Waals surface area contributed by atoms with Gasteiger partial charge in [-0.3, -0.25) is 9.78 Å². The van der Waals surface area contributed by atoms with Crippen molar-refractivity contribution in [3.8, 4) is 0 Å². The molecule has 4 N–H and O–H groups in total. The van der Waals surface area contributed by atoms with E-state index in [0.29, 0.717) is 16.6 Å². The van der Waals surface area contributed by atoms with E-state index in [9.17, 15) is 14.4 Å². The molecule has 13 heteroatoms. The third kappa shape index (κ3) is 5.64. The number of ether oxygens (including phenoxy) is 5. The Morgan fingerprint density at radius 2 is 1.92 bits per heavy atom. The number of nitrogen functional groups attached to an aromatic ring is 1. The maximum Gasteiger partial charge on any atom is 0.408 e. The predicted molar refractivity (Wildman–Crippen MR) is 136 cm³/mol. The van der Waals surface area contributed by atoms with E-state index >= 15 is 0 Å². The van der Waals surface area contributed by atoms with Crippen molar-refractivity contribution in [1.82, 2.24) is 19.9 Å². The monoisotopic (exact) mass is 535 g/mol. The van der Waals surface area contributed by atoms with E-state index < -0.39 is 53.9 Å². The number of hydrogen-bond acceptors (Lipinski definition) is 10. The maximum atomic E-state index is 13.0. The Labute approximate surface area is 220 Å². The van der Waals surface area contributed by atoms with Crippen molar-refractivity contribution in [3.05, 3.63) is 22.1 Å². The van der Waals surface area contributed by atoms with Crippen LogP contribution in [0.3, 0.4) is 0 Å². The molecule has 1 unspecified atom stereocenters. The number of esters is 1. The molecular weight excluding hydrogens is 498 g/mol. The van der Waals surface area contributed by atoms with E-state index in [1.54, 1.807) is 66.3 Å². The number of aromatic nitrogens is 3. The van der Waals surface area contributed by atoms with E-state index in [1.807, 2.05) is 0 Å². The molecule has 2 aliphatic heterocycles. The fourth-order valence-electron chi connectivity index (χ4n) is 4.81. The number of carbonyl (C=O) groups is 2. The van der Waals surface area contributed by atoms with E-state index in [4.69, 9.17) is 29.4 Å². The van der Waals surface area contributed by atoms with Crippen molar-refractivity contribution < 1.29 is 33.3 Å². The zero-order valence-electron chi connectivity index (χ0n) is 23.0. The first-order chi connectivity index (χ1) is 17.6. The average Bonchev–Trinajstić information content (AvgIpc) is 3.36. The lowest BCUT2D eigenvalue weighted by molar-refractivity contribution is -0.194. The van der Waals surface area contributed by atoms with Crippen molar-refractivity contribution in [1.29, 1.82) is 0 Å². The molecular formula is C25H37N5O8. The highest BCUT2D eigenvalue weighted by Gasteiger charge is 2.56. The number of aryl methyl sites for hydroxylation is 1. The Morgan fingerprint density at radius 3 is 2.55 bits per heavy atom. The van der Waals surface area contributed by atoms with Gasteiger partial charge in [0.05, 0.1) is 0 Å². The number of nitrogens with one attached hydrogen (secondary N) is 2. The SMILES string of the molecule is CC(C)[C@H](NC(=O)OC(C)(C)C)C(=O)OC[C@H]1O[C@@H](c2cn(C)c3c(=O)[nH]c(N)nc23)C2OC(C)(C)O[C@@H]21. The van der Waals surface area contributed by atoms with Gasteiger partial charge in [-0.2, -0.15) is 0 Å². The second kappa shape index (κ2) is 9.86. The zero-order chi connectivity index (χ0) is 28.2. The molecule has 0 aliphatic carbocycles. The third-order valence-electron chi connectivity index (χ3n) is 6.31. The normalized spacial score (nSPS) is 25.4. The molecule has 2 aromatic rings. The van der Waals surface area contributed by atoms with Gasteiger partial charge >= 0.3 is 12.1 Å². The lowest BCUT2D eigenvalue weighted by Crippen LogP contribution is -2.48. The fraction of sp³-hybridized carbons (Fsp3) is 0.680. The van der Waals surface area contributed by atoms with Crippen LogP contribution in [0.5, 0.6) is 0 Å². The van der Waals surface area contributed by atoms with Crippen LogP contribution in [0, 0.1) is 5.92 Å². The van der Waals surface area contributed by atoms with Crippen LogP contribution in [-0.4, -0.2) is 68.9 Å². The zero-order valence-corrected chi connectivity index (χ0v) is 23.0. The first-order valence-electron chi connectivity index (χ1n) is 12.6. The largest absolute Gasteiger partial charge is 0.461 e. The molecule has 4 heterocycles. The second-order valence-electron chi connectivity index (χ2n) is 11.5. The van der Waals surface area contributed by atoms with Crippen LogP contribution in [0.15, 0.2) is 11.0 Å². The number of anilines is 1. The minimum Gasteiger partial charge on any atom is -0.461 e. The summed E-state index contributed by atoms with van der Waals surface area (Å²) >= 11 is 0. The minimum absolute atomic E-state index is 0.0175.